The molecule has 0 saturated carbocycles. The van der Waals surface area contributed by atoms with E-state index in [9.17, 15) is 4.79 Å². The third-order valence-electron chi connectivity index (χ3n) is 2.54. The molecule has 1 aliphatic rings. The molecule has 1 aromatic carbocycles. The van der Waals surface area contributed by atoms with E-state index in [1.807, 2.05) is 0 Å². The van der Waals surface area contributed by atoms with Gasteiger partial charge in [0.2, 0.25) is 0 Å². The van der Waals surface area contributed by atoms with Gasteiger partial charge in [0.1, 0.15) is 12.4 Å². The lowest BCUT2D eigenvalue weighted by Crippen LogP contribution is -2.16. The van der Waals surface area contributed by atoms with Gasteiger partial charge in [0, 0.05) is 6.61 Å². The zero-order chi connectivity index (χ0) is 11.4. The van der Waals surface area contributed by atoms with Crippen molar-refractivity contribution < 1.29 is 19.4 Å². The molecule has 0 aromatic heterocycles. The van der Waals surface area contributed by atoms with E-state index < -0.39 is 5.97 Å². The second kappa shape index (κ2) is 4.99. The lowest BCUT2D eigenvalue weighted by atomic mass is 10.2. The standard InChI is InChI=1S/C12H14O4/c13-12(14)9-3-1-4-10(7-9)16-8-11-5-2-6-15-11/h1,3-4,7,11H,2,5-6,8H2,(H,13,14). The Morgan fingerprint density at radius 1 is 1.56 bits per heavy atom. The summed E-state index contributed by atoms with van der Waals surface area (Å²) in [5, 5.41) is 8.81. The number of aromatic carboxylic acids is 1. The lowest BCUT2D eigenvalue weighted by Gasteiger charge is -2.11. The van der Waals surface area contributed by atoms with Crippen LogP contribution in [0.25, 0.3) is 0 Å². The average Bonchev–Trinajstić information content (AvgIpc) is 2.79. The normalized spacial score (nSPS) is 19.6. The molecule has 1 N–H and O–H groups in total. The predicted molar refractivity (Wildman–Crippen MR) is 57.9 cm³/mol. The minimum Gasteiger partial charge on any atom is -0.491 e. The van der Waals surface area contributed by atoms with Crippen LogP contribution in [0.3, 0.4) is 0 Å². The molecule has 1 aromatic rings. The van der Waals surface area contributed by atoms with Gasteiger partial charge in [0.15, 0.2) is 0 Å². The molecule has 1 unspecified atom stereocenters. The summed E-state index contributed by atoms with van der Waals surface area (Å²) in [4.78, 5) is 10.7. The first-order chi connectivity index (χ1) is 7.75. The van der Waals surface area contributed by atoms with Crippen LogP contribution in [-0.2, 0) is 4.74 Å². The van der Waals surface area contributed by atoms with Gasteiger partial charge in [-0.15, -0.1) is 0 Å². The van der Waals surface area contributed by atoms with Crippen LogP contribution in [0, 0.1) is 0 Å². The summed E-state index contributed by atoms with van der Waals surface area (Å²) in [6.07, 6.45) is 2.23. The van der Waals surface area contributed by atoms with E-state index in [-0.39, 0.29) is 11.7 Å². The molecule has 4 nitrogen and oxygen atoms in total. The smallest absolute Gasteiger partial charge is 0.335 e. The van der Waals surface area contributed by atoms with E-state index in [2.05, 4.69) is 0 Å². The van der Waals surface area contributed by atoms with E-state index in [0.29, 0.717) is 12.4 Å². The van der Waals surface area contributed by atoms with Gasteiger partial charge in [-0.3, -0.25) is 0 Å². The van der Waals surface area contributed by atoms with Gasteiger partial charge in [0.25, 0.3) is 0 Å². The van der Waals surface area contributed by atoms with E-state index in [1.165, 1.54) is 6.07 Å². The van der Waals surface area contributed by atoms with Crippen molar-refractivity contribution in [2.75, 3.05) is 13.2 Å². The summed E-state index contributed by atoms with van der Waals surface area (Å²) in [5.74, 6) is -0.363. The number of hydrogen-bond donors (Lipinski definition) is 1. The average molecular weight is 222 g/mol. The highest BCUT2D eigenvalue weighted by molar-refractivity contribution is 5.87. The fourth-order valence-corrected chi connectivity index (χ4v) is 1.68. The summed E-state index contributed by atoms with van der Waals surface area (Å²) in [6, 6.07) is 6.49. The number of benzene rings is 1. The Bertz CT molecular complexity index is 369. The van der Waals surface area contributed by atoms with E-state index >= 15 is 0 Å². The zero-order valence-corrected chi connectivity index (χ0v) is 8.89. The minimum absolute atomic E-state index is 0.147. The van der Waals surface area contributed by atoms with Crippen molar-refractivity contribution in [1.29, 1.82) is 0 Å². The van der Waals surface area contributed by atoms with Crippen molar-refractivity contribution in [3.8, 4) is 5.75 Å². The molecule has 1 aliphatic heterocycles. The third kappa shape index (κ3) is 2.73. The van der Waals surface area contributed by atoms with Crippen LogP contribution in [0.2, 0.25) is 0 Å². The fourth-order valence-electron chi connectivity index (χ4n) is 1.68. The van der Waals surface area contributed by atoms with Crippen molar-refractivity contribution in [1.82, 2.24) is 0 Å². The Hall–Kier alpha value is -1.55. The Balaban J connectivity index is 1.93. The molecule has 1 heterocycles. The Morgan fingerprint density at radius 3 is 3.12 bits per heavy atom. The summed E-state index contributed by atoms with van der Waals surface area (Å²) >= 11 is 0. The summed E-state index contributed by atoms with van der Waals surface area (Å²) < 4.78 is 10.9. The van der Waals surface area contributed by atoms with Gasteiger partial charge in [-0.25, -0.2) is 4.79 Å². The molecule has 0 amide bonds. The molecule has 0 radical (unpaired) electrons. The maximum absolute atomic E-state index is 10.7. The van der Waals surface area contributed by atoms with Crippen LogP contribution in [0.1, 0.15) is 23.2 Å². The second-order valence-electron chi connectivity index (χ2n) is 3.78. The predicted octanol–water partition coefficient (Wildman–Crippen LogP) is 1.94. The molecular weight excluding hydrogens is 208 g/mol. The molecule has 2 rings (SSSR count). The maximum atomic E-state index is 10.7. The molecule has 1 atom stereocenters. The van der Waals surface area contributed by atoms with Gasteiger partial charge < -0.3 is 14.6 Å². The topological polar surface area (TPSA) is 55.8 Å². The first kappa shape index (κ1) is 11.0. The number of carbonyl (C=O) groups is 1. The van der Waals surface area contributed by atoms with E-state index in [0.717, 1.165) is 19.4 Å². The molecule has 0 spiro atoms. The Morgan fingerprint density at radius 2 is 2.44 bits per heavy atom. The number of hydrogen-bond acceptors (Lipinski definition) is 3. The Labute approximate surface area is 93.8 Å². The number of carboxylic acids is 1. The number of carboxylic acid groups (broad SMARTS) is 1. The van der Waals surface area contributed by atoms with Crippen molar-refractivity contribution >= 4 is 5.97 Å². The summed E-state index contributed by atoms with van der Waals surface area (Å²) in [5.41, 5.74) is 0.241. The molecule has 0 bridgehead atoms. The summed E-state index contributed by atoms with van der Waals surface area (Å²) in [7, 11) is 0. The number of ether oxygens (including phenoxy) is 2. The van der Waals surface area contributed by atoms with Gasteiger partial charge in [-0.05, 0) is 31.0 Å². The van der Waals surface area contributed by atoms with Gasteiger partial charge in [0.05, 0.1) is 11.7 Å². The molecule has 1 saturated heterocycles. The van der Waals surface area contributed by atoms with Crippen molar-refractivity contribution in [2.24, 2.45) is 0 Å². The van der Waals surface area contributed by atoms with E-state index in [4.69, 9.17) is 14.6 Å². The van der Waals surface area contributed by atoms with Crippen LogP contribution < -0.4 is 4.74 Å². The summed E-state index contributed by atoms with van der Waals surface area (Å²) in [6.45, 7) is 1.28. The van der Waals surface area contributed by atoms with Gasteiger partial charge in [-0.1, -0.05) is 6.07 Å². The van der Waals surface area contributed by atoms with Crippen LogP contribution >= 0.6 is 0 Å². The maximum Gasteiger partial charge on any atom is 0.335 e. The molecular formula is C12H14O4. The van der Waals surface area contributed by atoms with Gasteiger partial charge in [-0.2, -0.15) is 0 Å². The minimum atomic E-state index is -0.942. The first-order valence-corrected chi connectivity index (χ1v) is 5.33. The molecule has 86 valence electrons. The highest BCUT2D eigenvalue weighted by Crippen LogP contribution is 2.17. The largest absolute Gasteiger partial charge is 0.491 e. The highest BCUT2D eigenvalue weighted by atomic mass is 16.5. The van der Waals surface area contributed by atoms with Crippen molar-refractivity contribution in [3.05, 3.63) is 29.8 Å². The monoisotopic (exact) mass is 222 g/mol. The van der Waals surface area contributed by atoms with Crippen LogP contribution in [0.15, 0.2) is 24.3 Å². The SMILES string of the molecule is O=C(O)c1cccc(OCC2CCCO2)c1. The molecule has 4 heteroatoms. The van der Waals surface area contributed by atoms with Crippen LogP contribution in [0.4, 0.5) is 0 Å². The third-order valence-corrected chi connectivity index (χ3v) is 2.54. The highest BCUT2D eigenvalue weighted by Gasteiger charge is 2.16. The fraction of sp³-hybridized carbons (Fsp3) is 0.417. The van der Waals surface area contributed by atoms with Crippen molar-refractivity contribution in [3.63, 3.8) is 0 Å². The quantitative estimate of drug-likeness (QED) is 0.845. The molecule has 16 heavy (non-hydrogen) atoms. The zero-order valence-electron chi connectivity index (χ0n) is 8.89. The van der Waals surface area contributed by atoms with Gasteiger partial charge >= 0.3 is 5.97 Å². The van der Waals surface area contributed by atoms with Crippen LogP contribution in [-0.4, -0.2) is 30.4 Å². The molecule has 1 fully saturated rings. The number of rotatable bonds is 4. The lowest BCUT2D eigenvalue weighted by molar-refractivity contribution is 0.0672. The van der Waals surface area contributed by atoms with Crippen molar-refractivity contribution in [2.45, 2.75) is 18.9 Å². The Kier molecular flexibility index (Phi) is 3.41. The first-order valence-electron chi connectivity index (χ1n) is 5.33. The molecule has 0 aliphatic carbocycles. The second-order valence-corrected chi connectivity index (χ2v) is 3.78. The van der Waals surface area contributed by atoms with E-state index in [1.54, 1.807) is 18.2 Å². The van der Waals surface area contributed by atoms with Crippen LogP contribution in [0.5, 0.6) is 5.75 Å².